The van der Waals surface area contributed by atoms with E-state index in [9.17, 15) is 8.42 Å². The largest absolute Gasteiger partial charge is 0.392 e. The third-order valence-corrected chi connectivity index (χ3v) is 4.87. The van der Waals surface area contributed by atoms with Gasteiger partial charge in [-0.2, -0.15) is 5.26 Å². The van der Waals surface area contributed by atoms with Crippen molar-refractivity contribution in [3.05, 3.63) is 64.2 Å². The molecule has 0 unspecified atom stereocenters. The minimum atomic E-state index is -3.79. The van der Waals surface area contributed by atoms with Gasteiger partial charge in [0.15, 0.2) is 0 Å². The summed E-state index contributed by atoms with van der Waals surface area (Å²) in [5.41, 5.74) is 1.72. The zero-order valence-corrected chi connectivity index (χ0v) is 13.0. The first kappa shape index (κ1) is 16.5. The quantitative estimate of drug-likeness (QED) is 0.875. The highest BCUT2D eigenvalue weighted by molar-refractivity contribution is 7.89. The number of hydrogen-bond acceptors (Lipinski definition) is 4. The van der Waals surface area contributed by atoms with Gasteiger partial charge in [0.2, 0.25) is 10.0 Å². The maximum absolute atomic E-state index is 12.3. The first-order chi connectivity index (χ1) is 10.5. The lowest BCUT2D eigenvalue weighted by Gasteiger charge is -2.09. The number of halogens is 1. The molecule has 0 spiro atoms. The van der Waals surface area contributed by atoms with Crippen molar-refractivity contribution in [1.82, 2.24) is 4.72 Å². The molecule has 2 aromatic carbocycles. The Bertz CT molecular complexity index is 829. The van der Waals surface area contributed by atoms with Crippen LogP contribution in [0.1, 0.15) is 16.7 Å². The van der Waals surface area contributed by atoms with Crippen molar-refractivity contribution in [2.75, 3.05) is 0 Å². The number of nitrogens with zero attached hydrogens (tertiary/aromatic N) is 1. The predicted octanol–water partition coefficient (Wildman–Crippen LogP) is 2.18. The molecule has 0 heterocycles. The van der Waals surface area contributed by atoms with Crippen LogP contribution in [-0.4, -0.2) is 13.5 Å². The molecule has 2 rings (SSSR count). The summed E-state index contributed by atoms with van der Waals surface area (Å²) in [6, 6.07) is 12.8. The van der Waals surface area contributed by atoms with E-state index >= 15 is 0 Å². The van der Waals surface area contributed by atoms with Crippen LogP contribution in [0.4, 0.5) is 0 Å². The van der Waals surface area contributed by atoms with Crippen molar-refractivity contribution >= 4 is 21.6 Å². The van der Waals surface area contributed by atoms with E-state index in [1.165, 1.54) is 18.2 Å². The standard InChI is InChI=1S/C15H13ClN2O3S/c16-14-7-11(8-17)4-5-15(14)22(20,21)18-9-12-2-1-3-13(6-12)10-19/h1-7,18-19H,9-10H2. The Kier molecular flexibility index (Phi) is 5.16. The lowest BCUT2D eigenvalue weighted by molar-refractivity contribution is 0.281. The average Bonchev–Trinajstić information content (AvgIpc) is 2.52. The Morgan fingerprint density at radius 3 is 2.55 bits per heavy atom. The van der Waals surface area contributed by atoms with Gasteiger partial charge in [-0.25, -0.2) is 13.1 Å². The maximum atomic E-state index is 12.3. The van der Waals surface area contributed by atoms with Gasteiger partial charge >= 0.3 is 0 Å². The van der Waals surface area contributed by atoms with E-state index in [1.54, 1.807) is 24.3 Å². The van der Waals surface area contributed by atoms with Crippen molar-refractivity contribution in [3.8, 4) is 6.07 Å². The summed E-state index contributed by atoms with van der Waals surface area (Å²) in [6.07, 6.45) is 0. The number of sulfonamides is 1. The Morgan fingerprint density at radius 2 is 1.91 bits per heavy atom. The molecule has 114 valence electrons. The normalized spacial score (nSPS) is 11.1. The molecule has 0 aromatic heterocycles. The highest BCUT2D eigenvalue weighted by Gasteiger charge is 2.18. The molecule has 0 atom stereocenters. The van der Waals surface area contributed by atoms with Crippen LogP contribution in [0.3, 0.4) is 0 Å². The van der Waals surface area contributed by atoms with Crippen LogP contribution < -0.4 is 4.72 Å². The molecule has 0 aliphatic rings. The SMILES string of the molecule is N#Cc1ccc(S(=O)(=O)NCc2cccc(CO)c2)c(Cl)c1. The third kappa shape index (κ3) is 3.84. The van der Waals surface area contributed by atoms with E-state index in [0.717, 1.165) is 5.56 Å². The number of aliphatic hydroxyl groups excluding tert-OH is 1. The molecule has 0 saturated carbocycles. The topological polar surface area (TPSA) is 90.2 Å². The van der Waals surface area contributed by atoms with E-state index in [2.05, 4.69) is 4.72 Å². The smallest absolute Gasteiger partial charge is 0.242 e. The monoisotopic (exact) mass is 336 g/mol. The summed E-state index contributed by atoms with van der Waals surface area (Å²) in [5, 5.41) is 17.8. The van der Waals surface area contributed by atoms with Gasteiger partial charge in [-0.15, -0.1) is 0 Å². The van der Waals surface area contributed by atoms with E-state index in [0.29, 0.717) is 11.1 Å². The van der Waals surface area contributed by atoms with Gasteiger partial charge in [-0.3, -0.25) is 0 Å². The Hall–Kier alpha value is -1.91. The van der Waals surface area contributed by atoms with E-state index in [4.69, 9.17) is 22.0 Å². The molecule has 0 bridgehead atoms. The zero-order valence-electron chi connectivity index (χ0n) is 11.5. The summed E-state index contributed by atoms with van der Waals surface area (Å²) in [6.45, 7) is -0.0332. The van der Waals surface area contributed by atoms with Crippen LogP contribution in [0.2, 0.25) is 5.02 Å². The lowest BCUT2D eigenvalue weighted by atomic mass is 10.1. The Balaban J connectivity index is 2.19. The lowest BCUT2D eigenvalue weighted by Crippen LogP contribution is -2.23. The van der Waals surface area contributed by atoms with Crippen LogP contribution in [0.15, 0.2) is 47.4 Å². The summed E-state index contributed by atoms with van der Waals surface area (Å²) >= 11 is 5.92. The molecular formula is C15H13ClN2O3S. The van der Waals surface area contributed by atoms with Crippen LogP contribution in [0.5, 0.6) is 0 Å². The van der Waals surface area contributed by atoms with Gasteiger partial charge < -0.3 is 5.11 Å². The molecule has 0 radical (unpaired) electrons. The number of aliphatic hydroxyl groups is 1. The Morgan fingerprint density at radius 1 is 1.18 bits per heavy atom. The second-order valence-electron chi connectivity index (χ2n) is 4.56. The van der Waals surface area contributed by atoms with Crippen molar-refractivity contribution in [1.29, 1.82) is 5.26 Å². The molecule has 0 saturated heterocycles. The second-order valence-corrected chi connectivity index (χ2v) is 6.70. The van der Waals surface area contributed by atoms with Gasteiger partial charge in [0.05, 0.1) is 23.3 Å². The second kappa shape index (κ2) is 6.90. The highest BCUT2D eigenvalue weighted by atomic mass is 35.5. The van der Waals surface area contributed by atoms with Crippen molar-refractivity contribution < 1.29 is 13.5 Å². The average molecular weight is 337 g/mol. The van der Waals surface area contributed by atoms with Gasteiger partial charge in [0.25, 0.3) is 0 Å². The van der Waals surface area contributed by atoms with Crippen molar-refractivity contribution in [2.45, 2.75) is 18.0 Å². The van der Waals surface area contributed by atoms with Gasteiger partial charge in [0.1, 0.15) is 4.90 Å². The molecule has 7 heteroatoms. The van der Waals surface area contributed by atoms with E-state index < -0.39 is 10.0 Å². The van der Waals surface area contributed by atoms with E-state index in [1.807, 2.05) is 6.07 Å². The maximum Gasteiger partial charge on any atom is 0.242 e. The molecule has 2 N–H and O–H groups in total. The van der Waals surface area contributed by atoms with Crippen LogP contribution in [-0.2, 0) is 23.2 Å². The van der Waals surface area contributed by atoms with Crippen molar-refractivity contribution in [3.63, 3.8) is 0 Å². The molecule has 0 aliphatic carbocycles. The first-order valence-corrected chi connectivity index (χ1v) is 8.20. The summed E-state index contributed by atoms with van der Waals surface area (Å²) < 4.78 is 26.9. The molecule has 0 fully saturated rings. The molecule has 22 heavy (non-hydrogen) atoms. The number of rotatable bonds is 5. The fraction of sp³-hybridized carbons (Fsp3) is 0.133. The van der Waals surface area contributed by atoms with Crippen molar-refractivity contribution in [2.24, 2.45) is 0 Å². The fourth-order valence-corrected chi connectivity index (χ4v) is 3.44. The van der Waals surface area contributed by atoms with Gasteiger partial charge in [0, 0.05) is 6.54 Å². The molecule has 5 nitrogen and oxygen atoms in total. The number of benzene rings is 2. The van der Waals surface area contributed by atoms with Gasteiger partial charge in [-0.1, -0.05) is 35.9 Å². The van der Waals surface area contributed by atoms with Crippen LogP contribution in [0.25, 0.3) is 0 Å². The predicted molar refractivity (Wildman–Crippen MR) is 82.6 cm³/mol. The zero-order chi connectivity index (χ0) is 16.2. The summed E-state index contributed by atoms with van der Waals surface area (Å²) in [7, 11) is -3.79. The number of nitrogens with one attached hydrogen (secondary N) is 1. The van der Waals surface area contributed by atoms with Gasteiger partial charge in [-0.05, 0) is 29.3 Å². The molecule has 0 amide bonds. The minimum Gasteiger partial charge on any atom is -0.392 e. The summed E-state index contributed by atoms with van der Waals surface area (Å²) in [5.74, 6) is 0. The number of hydrogen-bond donors (Lipinski definition) is 2. The fourth-order valence-electron chi connectivity index (χ4n) is 1.88. The number of nitriles is 1. The summed E-state index contributed by atoms with van der Waals surface area (Å²) in [4.78, 5) is -0.0773. The van der Waals surface area contributed by atoms with Crippen LogP contribution >= 0.6 is 11.6 Å². The molecule has 2 aromatic rings. The highest BCUT2D eigenvalue weighted by Crippen LogP contribution is 2.22. The van der Waals surface area contributed by atoms with E-state index in [-0.39, 0.29) is 23.1 Å². The molecular weight excluding hydrogens is 324 g/mol. The first-order valence-electron chi connectivity index (χ1n) is 6.34. The van der Waals surface area contributed by atoms with Crippen LogP contribution in [0, 0.1) is 11.3 Å². The Labute approximate surface area is 133 Å². The molecule has 0 aliphatic heterocycles. The third-order valence-electron chi connectivity index (χ3n) is 2.99. The minimum absolute atomic E-state index is 0.00402.